The van der Waals surface area contributed by atoms with E-state index in [1.165, 1.54) is 23.3 Å². The van der Waals surface area contributed by atoms with Crippen molar-refractivity contribution < 1.29 is 19.1 Å². The third kappa shape index (κ3) is 3.45. The molecule has 0 bridgehead atoms. The van der Waals surface area contributed by atoms with Crippen LogP contribution in [0.1, 0.15) is 16.6 Å². The van der Waals surface area contributed by atoms with E-state index in [4.69, 9.17) is 4.74 Å². The van der Waals surface area contributed by atoms with Gasteiger partial charge in [-0.05, 0) is 6.92 Å². The Morgan fingerprint density at radius 3 is 2.59 bits per heavy atom. The zero-order valence-corrected chi connectivity index (χ0v) is 10.9. The van der Waals surface area contributed by atoms with Crippen LogP contribution in [0.2, 0.25) is 0 Å². The highest BCUT2D eigenvalue weighted by molar-refractivity contribution is 7.12. The second kappa shape index (κ2) is 6.24. The van der Waals surface area contributed by atoms with Crippen LogP contribution < -0.4 is 4.74 Å². The van der Waals surface area contributed by atoms with Gasteiger partial charge in [-0.3, -0.25) is 9.59 Å². The van der Waals surface area contributed by atoms with E-state index in [1.54, 1.807) is 18.6 Å². The monoisotopic (exact) mass is 257 g/mol. The van der Waals surface area contributed by atoms with Crippen LogP contribution in [0.3, 0.4) is 0 Å². The Hall–Kier alpha value is -1.56. The molecule has 94 valence electrons. The third-order valence-corrected chi connectivity index (χ3v) is 3.14. The highest BCUT2D eigenvalue weighted by Crippen LogP contribution is 2.22. The number of hydrogen-bond acceptors (Lipinski definition) is 5. The van der Waals surface area contributed by atoms with Crippen molar-refractivity contribution in [3.8, 4) is 5.75 Å². The largest absolute Gasteiger partial charge is 0.496 e. The Kier molecular flexibility index (Phi) is 4.96. The van der Waals surface area contributed by atoms with Gasteiger partial charge in [-0.1, -0.05) is 0 Å². The van der Waals surface area contributed by atoms with Gasteiger partial charge in [-0.25, -0.2) is 0 Å². The molecule has 0 saturated heterocycles. The Bertz CT molecular complexity index is 402. The molecule has 6 heteroatoms. The minimum atomic E-state index is -0.427. The average Bonchev–Trinajstić information content (AvgIpc) is 2.83. The Balaban J connectivity index is 2.75. The molecule has 0 aromatic carbocycles. The molecule has 0 radical (unpaired) electrons. The van der Waals surface area contributed by atoms with E-state index in [-0.39, 0.29) is 12.5 Å². The van der Waals surface area contributed by atoms with Crippen molar-refractivity contribution in [2.24, 2.45) is 0 Å². The molecule has 1 aromatic rings. The number of rotatable bonds is 5. The lowest BCUT2D eigenvalue weighted by molar-refractivity contribution is -0.141. The number of carbonyl (C=O) groups is 2. The van der Waals surface area contributed by atoms with Crippen LogP contribution in [0.5, 0.6) is 5.75 Å². The van der Waals surface area contributed by atoms with Crippen LogP contribution >= 0.6 is 11.3 Å². The first-order valence-electron chi connectivity index (χ1n) is 5.11. The van der Waals surface area contributed by atoms with Crippen molar-refractivity contribution in [3.63, 3.8) is 0 Å². The Morgan fingerprint density at radius 2 is 2.12 bits per heavy atom. The van der Waals surface area contributed by atoms with Gasteiger partial charge in [0.2, 0.25) is 0 Å². The summed E-state index contributed by atoms with van der Waals surface area (Å²) in [7, 11) is 2.84. The molecule has 0 spiro atoms. The number of thiophene rings is 1. The predicted octanol–water partition coefficient (Wildman–Crippen LogP) is 1.39. The summed E-state index contributed by atoms with van der Waals surface area (Å²) in [5, 5.41) is 1.75. The van der Waals surface area contributed by atoms with Crippen molar-refractivity contribution in [3.05, 3.63) is 16.3 Å². The van der Waals surface area contributed by atoms with Crippen molar-refractivity contribution >= 4 is 23.2 Å². The van der Waals surface area contributed by atoms with Crippen molar-refractivity contribution in [2.45, 2.75) is 6.92 Å². The molecule has 0 N–H and O–H groups in total. The van der Waals surface area contributed by atoms with Crippen molar-refractivity contribution in [1.29, 1.82) is 0 Å². The lowest BCUT2D eigenvalue weighted by Crippen LogP contribution is -2.35. The molecule has 5 nitrogen and oxygen atoms in total. The molecule has 0 aliphatic heterocycles. The topological polar surface area (TPSA) is 55.8 Å². The van der Waals surface area contributed by atoms with Gasteiger partial charge >= 0.3 is 5.97 Å². The number of esters is 1. The SMILES string of the molecule is CCN(CC(=O)OC)C(=O)c1cc(OC)cs1. The van der Waals surface area contributed by atoms with E-state index in [0.29, 0.717) is 17.2 Å². The maximum Gasteiger partial charge on any atom is 0.325 e. The Morgan fingerprint density at radius 1 is 1.41 bits per heavy atom. The van der Waals surface area contributed by atoms with E-state index in [9.17, 15) is 9.59 Å². The second-order valence-electron chi connectivity index (χ2n) is 3.25. The molecular formula is C11H15NO4S. The summed E-state index contributed by atoms with van der Waals surface area (Å²) in [6.45, 7) is 2.23. The van der Waals surface area contributed by atoms with Crippen LogP contribution in [0, 0.1) is 0 Å². The van der Waals surface area contributed by atoms with E-state index >= 15 is 0 Å². The highest BCUT2D eigenvalue weighted by atomic mass is 32.1. The highest BCUT2D eigenvalue weighted by Gasteiger charge is 2.19. The number of hydrogen-bond donors (Lipinski definition) is 0. The van der Waals surface area contributed by atoms with Crippen LogP contribution in [-0.4, -0.2) is 44.1 Å². The molecule has 1 heterocycles. The van der Waals surface area contributed by atoms with E-state index < -0.39 is 5.97 Å². The molecule has 0 aliphatic rings. The number of amides is 1. The maximum atomic E-state index is 12.0. The summed E-state index contributed by atoms with van der Waals surface area (Å²) < 4.78 is 9.55. The fourth-order valence-electron chi connectivity index (χ4n) is 1.24. The molecule has 0 unspecified atom stereocenters. The quantitative estimate of drug-likeness (QED) is 0.748. The predicted molar refractivity (Wildman–Crippen MR) is 64.5 cm³/mol. The van der Waals surface area contributed by atoms with E-state index in [2.05, 4.69) is 4.74 Å². The molecule has 1 rings (SSSR count). The van der Waals surface area contributed by atoms with Gasteiger partial charge in [-0.15, -0.1) is 11.3 Å². The molecular weight excluding hydrogens is 242 g/mol. The zero-order chi connectivity index (χ0) is 12.8. The summed E-state index contributed by atoms with van der Waals surface area (Å²) in [5.74, 6) is 0.0300. The summed E-state index contributed by atoms with van der Waals surface area (Å²) in [6, 6.07) is 1.66. The van der Waals surface area contributed by atoms with Crippen LogP contribution in [-0.2, 0) is 9.53 Å². The number of likely N-dealkylation sites (N-methyl/N-ethyl adjacent to an activating group) is 1. The number of methoxy groups -OCH3 is 2. The van der Waals surface area contributed by atoms with Crippen LogP contribution in [0.4, 0.5) is 0 Å². The summed E-state index contributed by atoms with van der Waals surface area (Å²) in [6.07, 6.45) is 0. The lowest BCUT2D eigenvalue weighted by Gasteiger charge is -2.18. The Labute approximate surface area is 104 Å². The van der Waals surface area contributed by atoms with Gasteiger partial charge in [0.25, 0.3) is 5.91 Å². The van der Waals surface area contributed by atoms with Gasteiger partial charge in [0.05, 0.1) is 19.1 Å². The standard InChI is InChI=1S/C11H15NO4S/c1-4-12(6-10(13)16-3)11(14)9-5-8(15-2)7-17-9/h5,7H,4,6H2,1-3H3. The average molecular weight is 257 g/mol. The van der Waals surface area contributed by atoms with Crippen LogP contribution in [0.15, 0.2) is 11.4 Å². The lowest BCUT2D eigenvalue weighted by atomic mass is 10.3. The normalized spacial score (nSPS) is 9.82. The van der Waals surface area contributed by atoms with Gasteiger partial charge in [0, 0.05) is 18.0 Å². The number of ether oxygens (including phenoxy) is 2. The van der Waals surface area contributed by atoms with Crippen molar-refractivity contribution in [2.75, 3.05) is 27.3 Å². The van der Waals surface area contributed by atoms with Crippen LogP contribution in [0.25, 0.3) is 0 Å². The maximum absolute atomic E-state index is 12.0. The van der Waals surface area contributed by atoms with Gasteiger partial charge in [0.15, 0.2) is 0 Å². The second-order valence-corrected chi connectivity index (χ2v) is 4.16. The number of nitrogens with zero attached hydrogens (tertiary/aromatic N) is 1. The molecule has 0 fully saturated rings. The van der Waals surface area contributed by atoms with Crippen molar-refractivity contribution in [1.82, 2.24) is 4.90 Å². The fourth-order valence-corrected chi connectivity index (χ4v) is 2.06. The number of carbonyl (C=O) groups excluding carboxylic acids is 2. The first-order valence-corrected chi connectivity index (χ1v) is 5.99. The molecule has 0 atom stereocenters. The fraction of sp³-hybridized carbons (Fsp3) is 0.455. The molecule has 1 amide bonds. The minimum Gasteiger partial charge on any atom is -0.496 e. The van der Waals surface area contributed by atoms with Gasteiger partial charge in [-0.2, -0.15) is 0 Å². The molecule has 0 saturated carbocycles. The summed E-state index contributed by atoms with van der Waals surface area (Å²) >= 11 is 1.29. The third-order valence-electron chi connectivity index (χ3n) is 2.24. The zero-order valence-electron chi connectivity index (χ0n) is 10.1. The molecule has 0 aliphatic carbocycles. The smallest absolute Gasteiger partial charge is 0.325 e. The molecule has 1 aromatic heterocycles. The van der Waals surface area contributed by atoms with Gasteiger partial charge in [0.1, 0.15) is 12.3 Å². The molecule has 17 heavy (non-hydrogen) atoms. The summed E-state index contributed by atoms with van der Waals surface area (Å²) in [5.41, 5.74) is 0. The van der Waals surface area contributed by atoms with E-state index in [0.717, 1.165) is 0 Å². The van der Waals surface area contributed by atoms with E-state index in [1.807, 2.05) is 6.92 Å². The van der Waals surface area contributed by atoms with Gasteiger partial charge < -0.3 is 14.4 Å². The summed E-state index contributed by atoms with van der Waals surface area (Å²) in [4.78, 5) is 25.1. The first kappa shape index (κ1) is 13.5. The minimum absolute atomic E-state index is 0.0357. The first-order chi connectivity index (χ1) is 8.12.